The number of esters is 1. The largest absolute Gasteiger partial charge is 0.494 e. The van der Waals surface area contributed by atoms with Crippen LogP contribution in [0.3, 0.4) is 0 Å². The Balaban J connectivity index is 1.30. The molecule has 1 unspecified atom stereocenters. The molecule has 1 aromatic carbocycles. The minimum Gasteiger partial charge on any atom is -0.494 e. The van der Waals surface area contributed by atoms with Crippen molar-refractivity contribution in [2.24, 2.45) is 5.92 Å². The lowest BCUT2D eigenvalue weighted by Crippen LogP contribution is -2.13. The molecule has 1 aliphatic carbocycles. The van der Waals surface area contributed by atoms with Gasteiger partial charge in [-0.2, -0.15) is 0 Å². The van der Waals surface area contributed by atoms with Crippen LogP contribution in [0.25, 0.3) is 0 Å². The zero-order chi connectivity index (χ0) is 20.5. The van der Waals surface area contributed by atoms with Crippen LogP contribution in [0, 0.1) is 5.92 Å². The molecule has 0 aromatic heterocycles. The van der Waals surface area contributed by atoms with Crippen molar-refractivity contribution in [2.45, 2.75) is 96.0 Å². The lowest BCUT2D eigenvalue weighted by Gasteiger charge is -2.29. The second-order valence-electron chi connectivity index (χ2n) is 8.96. The normalized spacial score (nSPS) is 24.5. The third kappa shape index (κ3) is 6.90. The minimum atomic E-state index is -0.226. The van der Waals surface area contributed by atoms with E-state index in [1.165, 1.54) is 56.9 Å². The maximum atomic E-state index is 11.3. The Labute approximate surface area is 176 Å². The summed E-state index contributed by atoms with van der Waals surface area (Å²) in [4.78, 5) is 11.3. The van der Waals surface area contributed by atoms with Crippen molar-refractivity contribution < 1.29 is 14.3 Å². The molecular formula is C26H38O3. The van der Waals surface area contributed by atoms with Gasteiger partial charge in [0.05, 0.1) is 6.61 Å². The smallest absolute Gasteiger partial charge is 0.333 e. The highest BCUT2D eigenvalue weighted by Gasteiger charge is 2.26. The molecule has 0 radical (unpaired) electrons. The molecule has 1 heterocycles. The maximum absolute atomic E-state index is 11.3. The first-order chi connectivity index (χ1) is 14.2. The number of benzene rings is 1. The molecule has 29 heavy (non-hydrogen) atoms. The van der Waals surface area contributed by atoms with Crippen LogP contribution in [0.4, 0.5) is 0 Å². The van der Waals surface area contributed by atoms with E-state index in [2.05, 4.69) is 37.8 Å². The topological polar surface area (TPSA) is 35.5 Å². The Kier molecular flexibility index (Phi) is 8.64. The molecular weight excluding hydrogens is 360 g/mol. The zero-order valence-electron chi connectivity index (χ0n) is 18.2. The molecule has 1 atom stereocenters. The van der Waals surface area contributed by atoms with Crippen LogP contribution in [0.2, 0.25) is 0 Å². The summed E-state index contributed by atoms with van der Waals surface area (Å²) in [5.74, 6) is 2.43. The molecule has 1 aliphatic heterocycles. The molecule has 2 aliphatic rings. The van der Waals surface area contributed by atoms with Crippen molar-refractivity contribution in [3.63, 3.8) is 0 Å². The van der Waals surface area contributed by atoms with E-state index in [-0.39, 0.29) is 12.1 Å². The summed E-state index contributed by atoms with van der Waals surface area (Å²) in [7, 11) is 0. The van der Waals surface area contributed by atoms with E-state index in [0.29, 0.717) is 18.6 Å². The monoisotopic (exact) mass is 398 g/mol. The van der Waals surface area contributed by atoms with Crippen LogP contribution in [0.5, 0.6) is 5.75 Å². The first-order valence-corrected chi connectivity index (χ1v) is 11.8. The van der Waals surface area contributed by atoms with Gasteiger partial charge >= 0.3 is 5.97 Å². The van der Waals surface area contributed by atoms with E-state index in [1.807, 2.05) is 0 Å². The Morgan fingerprint density at radius 3 is 2.38 bits per heavy atom. The first kappa shape index (κ1) is 21.9. The second kappa shape index (κ2) is 11.4. The number of rotatable bonds is 11. The molecule has 2 fully saturated rings. The van der Waals surface area contributed by atoms with Gasteiger partial charge in [0.2, 0.25) is 0 Å². The average Bonchev–Trinajstić information content (AvgIpc) is 3.06. The molecule has 1 saturated carbocycles. The predicted octanol–water partition coefficient (Wildman–Crippen LogP) is 6.96. The van der Waals surface area contributed by atoms with Crippen LogP contribution in [0.15, 0.2) is 36.4 Å². The van der Waals surface area contributed by atoms with Gasteiger partial charge in [-0.1, -0.05) is 51.3 Å². The summed E-state index contributed by atoms with van der Waals surface area (Å²) in [6.07, 6.45) is 14.6. The fourth-order valence-electron chi connectivity index (χ4n) is 4.76. The summed E-state index contributed by atoms with van der Waals surface area (Å²) in [6, 6.07) is 8.79. The molecule has 1 aromatic rings. The van der Waals surface area contributed by atoms with Crippen LogP contribution >= 0.6 is 0 Å². The number of cyclic esters (lactones) is 1. The Hall–Kier alpha value is -1.77. The lowest BCUT2D eigenvalue weighted by atomic mass is 9.77. The highest BCUT2D eigenvalue weighted by atomic mass is 16.5. The Morgan fingerprint density at radius 2 is 1.72 bits per heavy atom. The number of hydrogen-bond acceptors (Lipinski definition) is 3. The average molecular weight is 399 g/mol. The SMILES string of the molecule is C=C1CC(CCCCOc2ccc(C3CCC(CCCCC)CC3)cc2)OC1=O. The van der Waals surface area contributed by atoms with Gasteiger partial charge in [0.25, 0.3) is 0 Å². The summed E-state index contributed by atoms with van der Waals surface area (Å²) >= 11 is 0. The highest BCUT2D eigenvalue weighted by molar-refractivity contribution is 5.89. The Morgan fingerprint density at radius 1 is 1.00 bits per heavy atom. The number of carbonyl (C=O) groups is 1. The predicted molar refractivity (Wildman–Crippen MR) is 118 cm³/mol. The van der Waals surface area contributed by atoms with Crippen LogP contribution in [-0.2, 0) is 9.53 Å². The van der Waals surface area contributed by atoms with Crippen LogP contribution in [0.1, 0.15) is 95.5 Å². The molecule has 0 amide bonds. The quantitative estimate of drug-likeness (QED) is 0.229. The summed E-state index contributed by atoms with van der Waals surface area (Å²) in [5.41, 5.74) is 2.09. The standard InChI is InChI=1S/C26H38O3/c1-3-4-5-8-21-10-12-22(13-11-21)23-14-16-24(17-15-23)28-18-7-6-9-25-19-20(2)26(27)29-25/h14-17,21-22,25H,2-13,18-19H2,1H3. The number of carbonyl (C=O) groups excluding carboxylic acids is 1. The van der Waals surface area contributed by atoms with Crippen LogP contribution in [-0.4, -0.2) is 18.7 Å². The molecule has 3 rings (SSSR count). The summed E-state index contributed by atoms with van der Waals surface area (Å²) in [6.45, 7) is 6.73. The molecule has 0 bridgehead atoms. The van der Waals surface area contributed by atoms with Crippen LogP contribution < -0.4 is 4.74 Å². The number of hydrogen-bond donors (Lipinski definition) is 0. The fraction of sp³-hybridized carbons (Fsp3) is 0.654. The van der Waals surface area contributed by atoms with Gasteiger partial charge < -0.3 is 9.47 Å². The molecule has 0 N–H and O–H groups in total. The van der Waals surface area contributed by atoms with Crippen molar-refractivity contribution in [1.82, 2.24) is 0 Å². The molecule has 160 valence electrons. The maximum Gasteiger partial charge on any atom is 0.333 e. The third-order valence-corrected chi connectivity index (χ3v) is 6.64. The molecule has 3 nitrogen and oxygen atoms in total. The van der Waals surface area contributed by atoms with Gasteiger partial charge in [-0.15, -0.1) is 0 Å². The fourth-order valence-corrected chi connectivity index (χ4v) is 4.76. The van der Waals surface area contributed by atoms with Crippen molar-refractivity contribution >= 4 is 5.97 Å². The van der Waals surface area contributed by atoms with E-state index in [1.54, 1.807) is 0 Å². The van der Waals surface area contributed by atoms with E-state index < -0.39 is 0 Å². The highest BCUT2D eigenvalue weighted by Crippen LogP contribution is 2.38. The zero-order valence-corrected chi connectivity index (χ0v) is 18.2. The van der Waals surface area contributed by atoms with Crippen molar-refractivity contribution in [3.8, 4) is 5.75 Å². The van der Waals surface area contributed by atoms with Crippen molar-refractivity contribution in [1.29, 1.82) is 0 Å². The molecule has 1 saturated heterocycles. The van der Waals surface area contributed by atoms with E-state index in [4.69, 9.17) is 9.47 Å². The molecule has 3 heteroatoms. The minimum absolute atomic E-state index is 0.0241. The van der Waals surface area contributed by atoms with Gasteiger partial charge in [0.1, 0.15) is 11.9 Å². The number of unbranched alkanes of at least 4 members (excludes halogenated alkanes) is 3. The number of ether oxygens (including phenoxy) is 2. The van der Waals surface area contributed by atoms with Gasteiger partial charge in [0.15, 0.2) is 0 Å². The van der Waals surface area contributed by atoms with E-state index >= 15 is 0 Å². The van der Waals surface area contributed by atoms with Crippen molar-refractivity contribution in [2.75, 3.05) is 6.61 Å². The Bertz CT molecular complexity index is 624. The van der Waals surface area contributed by atoms with Gasteiger partial charge in [-0.05, 0) is 74.5 Å². The van der Waals surface area contributed by atoms with Gasteiger partial charge in [0, 0.05) is 12.0 Å². The second-order valence-corrected chi connectivity index (χ2v) is 8.96. The molecule has 0 spiro atoms. The third-order valence-electron chi connectivity index (χ3n) is 6.64. The summed E-state index contributed by atoms with van der Waals surface area (Å²) in [5, 5.41) is 0. The van der Waals surface area contributed by atoms with Gasteiger partial charge in [-0.25, -0.2) is 4.79 Å². The van der Waals surface area contributed by atoms with E-state index in [0.717, 1.165) is 36.8 Å². The van der Waals surface area contributed by atoms with Gasteiger partial charge in [-0.3, -0.25) is 0 Å². The lowest BCUT2D eigenvalue weighted by molar-refractivity contribution is -0.139. The van der Waals surface area contributed by atoms with Crippen molar-refractivity contribution in [3.05, 3.63) is 42.0 Å². The first-order valence-electron chi connectivity index (χ1n) is 11.8. The summed E-state index contributed by atoms with van der Waals surface area (Å²) < 4.78 is 11.2. The van der Waals surface area contributed by atoms with E-state index in [9.17, 15) is 4.79 Å².